The third-order valence-electron chi connectivity index (χ3n) is 3.19. The number of nitrogens with zero attached hydrogens (tertiary/aromatic N) is 1. The topological polar surface area (TPSA) is 54.6 Å². The Bertz CT molecular complexity index is 660. The highest BCUT2D eigenvalue weighted by molar-refractivity contribution is 5.91. The number of fused-ring (bicyclic) bond motifs is 1. The summed E-state index contributed by atoms with van der Waals surface area (Å²) < 4.78 is 10.4. The van der Waals surface area contributed by atoms with Crippen LogP contribution >= 0.6 is 0 Å². The molecule has 1 aromatic heterocycles. The lowest BCUT2D eigenvalue weighted by Crippen LogP contribution is -2.31. The van der Waals surface area contributed by atoms with Crippen molar-refractivity contribution >= 4 is 22.8 Å². The second kappa shape index (κ2) is 4.35. The van der Waals surface area contributed by atoms with Gasteiger partial charge in [0, 0.05) is 22.7 Å². The van der Waals surface area contributed by atoms with Gasteiger partial charge in [-0.1, -0.05) is 18.2 Å². The molecule has 0 bridgehead atoms. The lowest BCUT2D eigenvalue weighted by Gasteiger charge is -2.16. The monoisotopic (exact) mass is 258 g/mol. The molecule has 0 radical (unpaired) electrons. The molecule has 1 aromatic carbocycles. The minimum Gasteiger partial charge on any atom is -0.468 e. The third-order valence-corrected chi connectivity index (χ3v) is 3.19. The van der Waals surface area contributed by atoms with Crippen LogP contribution in [0.5, 0.6) is 0 Å². The molecule has 0 aliphatic carbocycles. The number of carbonyl (C=O) groups is 1. The second-order valence-electron chi connectivity index (χ2n) is 4.34. The first-order chi connectivity index (χ1) is 9.20. The molecular weight excluding hydrogens is 244 g/mol. The molecule has 1 N–H and O–H groups in total. The molecule has 0 saturated heterocycles. The van der Waals surface area contributed by atoms with E-state index in [1.807, 2.05) is 30.5 Å². The van der Waals surface area contributed by atoms with Gasteiger partial charge in [0.2, 0.25) is 0 Å². The maximum Gasteiger partial charge on any atom is 0.416 e. The smallest absolute Gasteiger partial charge is 0.416 e. The summed E-state index contributed by atoms with van der Waals surface area (Å²) in [5, 5.41) is 1.06. The molecule has 1 aliphatic rings. The van der Waals surface area contributed by atoms with E-state index in [1.54, 1.807) is 13.1 Å². The molecule has 3 rings (SSSR count). The fourth-order valence-electron chi connectivity index (χ4n) is 2.22. The predicted molar refractivity (Wildman–Crippen MR) is 71.1 cm³/mol. The van der Waals surface area contributed by atoms with Crippen LogP contribution in [0.1, 0.15) is 12.5 Å². The summed E-state index contributed by atoms with van der Waals surface area (Å²) in [5.74, 6) is 0.662. The van der Waals surface area contributed by atoms with E-state index in [-0.39, 0.29) is 6.23 Å². The van der Waals surface area contributed by atoms with Gasteiger partial charge < -0.3 is 14.5 Å². The molecule has 1 aliphatic heterocycles. The van der Waals surface area contributed by atoms with Crippen molar-refractivity contribution in [3.05, 3.63) is 42.2 Å². The molecule has 1 amide bonds. The largest absolute Gasteiger partial charge is 0.468 e. The number of H-pyrrole nitrogens is 1. The SMILES string of the molecule is COC(=O)N1C=C(c2c[nH]c3ccccc23)OC1C. The minimum absolute atomic E-state index is 0.365. The van der Waals surface area contributed by atoms with Crippen LogP contribution < -0.4 is 0 Å². The van der Waals surface area contributed by atoms with E-state index in [2.05, 4.69) is 4.98 Å². The Morgan fingerprint density at radius 2 is 2.21 bits per heavy atom. The summed E-state index contributed by atoms with van der Waals surface area (Å²) in [6.45, 7) is 1.80. The van der Waals surface area contributed by atoms with Gasteiger partial charge in [-0.2, -0.15) is 0 Å². The highest BCUT2D eigenvalue weighted by atomic mass is 16.6. The van der Waals surface area contributed by atoms with Crippen LogP contribution in [0.2, 0.25) is 0 Å². The van der Waals surface area contributed by atoms with Gasteiger partial charge in [-0.15, -0.1) is 0 Å². The number of nitrogens with one attached hydrogen (secondary N) is 1. The Morgan fingerprint density at radius 3 is 3.00 bits per heavy atom. The minimum atomic E-state index is -0.428. The van der Waals surface area contributed by atoms with Crippen LogP contribution in [0.3, 0.4) is 0 Å². The molecule has 2 aromatic rings. The van der Waals surface area contributed by atoms with Crippen molar-refractivity contribution in [3.8, 4) is 0 Å². The van der Waals surface area contributed by atoms with Gasteiger partial charge in [0.25, 0.3) is 0 Å². The standard InChI is InChI=1S/C14H14N2O3/c1-9-16(14(17)18-2)8-13(19-9)11-7-15-12-6-4-3-5-10(11)12/h3-9,15H,1-2H3. The zero-order chi connectivity index (χ0) is 13.4. The lowest BCUT2D eigenvalue weighted by atomic mass is 10.1. The highest BCUT2D eigenvalue weighted by Crippen LogP contribution is 2.31. The molecule has 2 heterocycles. The first-order valence-electron chi connectivity index (χ1n) is 6.02. The summed E-state index contributed by atoms with van der Waals surface area (Å²) in [7, 11) is 1.35. The predicted octanol–water partition coefficient (Wildman–Crippen LogP) is 2.91. The molecule has 98 valence electrons. The van der Waals surface area contributed by atoms with Crippen molar-refractivity contribution in [2.45, 2.75) is 13.2 Å². The first-order valence-corrected chi connectivity index (χ1v) is 6.02. The molecule has 0 spiro atoms. The number of benzene rings is 1. The number of amides is 1. The molecule has 19 heavy (non-hydrogen) atoms. The van der Waals surface area contributed by atoms with Crippen molar-refractivity contribution in [3.63, 3.8) is 0 Å². The summed E-state index contributed by atoms with van der Waals surface area (Å²) in [6, 6.07) is 7.94. The number of hydrogen-bond donors (Lipinski definition) is 1. The van der Waals surface area contributed by atoms with Gasteiger partial charge in [0.1, 0.15) is 5.76 Å². The quantitative estimate of drug-likeness (QED) is 0.855. The molecule has 0 fully saturated rings. The number of rotatable bonds is 1. The van der Waals surface area contributed by atoms with E-state index >= 15 is 0 Å². The van der Waals surface area contributed by atoms with E-state index in [4.69, 9.17) is 9.47 Å². The fourth-order valence-corrected chi connectivity index (χ4v) is 2.22. The van der Waals surface area contributed by atoms with Crippen LogP contribution in [0, 0.1) is 0 Å². The van der Waals surface area contributed by atoms with Crippen molar-refractivity contribution in [1.29, 1.82) is 0 Å². The van der Waals surface area contributed by atoms with Gasteiger partial charge in [-0.25, -0.2) is 9.69 Å². The average molecular weight is 258 g/mol. The molecule has 1 atom stereocenters. The fraction of sp³-hybridized carbons (Fsp3) is 0.214. The normalized spacial score (nSPS) is 18.3. The van der Waals surface area contributed by atoms with Crippen molar-refractivity contribution in [1.82, 2.24) is 9.88 Å². The molecule has 5 heteroatoms. The van der Waals surface area contributed by atoms with Crippen LogP contribution in [-0.4, -0.2) is 29.3 Å². The number of ether oxygens (including phenoxy) is 2. The van der Waals surface area contributed by atoms with E-state index in [0.717, 1.165) is 16.5 Å². The number of aromatic nitrogens is 1. The number of aromatic amines is 1. The maximum absolute atomic E-state index is 11.6. The van der Waals surface area contributed by atoms with E-state index in [9.17, 15) is 4.79 Å². The highest BCUT2D eigenvalue weighted by Gasteiger charge is 2.29. The van der Waals surface area contributed by atoms with Crippen molar-refractivity contribution in [2.75, 3.05) is 7.11 Å². The Balaban J connectivity index is 2.01. The summed E-state index contributed by atoms with van der Waals surface area (Å²) in [6.07, 6.45) is 2.76. The molecular formula is C14H14N2O3. The Kier molecular flexibility index (Phi) is 2.67. The number of carbonyl (C=O) groups excluding carboxylic acids is 1. The third kappa shape index (κ3) is 1.83. The summed E-state index contributed by atoms with van der Waals surface area (Å²) in [4.78, 5) is 16.2. The maximum atomic E-state index is 11.6. The Labute approximate surface area is 110 Å². The van der Waals surface area contributed by atoms with Crippen LogP contribution in [0.4, 0.5) is 4.79 Å². The van der Waals surface area contributed by atoms with Gasteiger partial charge in [0.15, 0.2) is 6.23 Å². The second-order valence-corrected chi connectivity index (χ2v) is 4.34. The van der Waals surface area contributed by atoms with Crippen molar-refractivity contribution < 1.29 is 14.3 Å². The van der Waals surface area contributed by atoms with Crippen LogP contribution in [0.15, 0.2) is 36.7 Å². The summed E-state index contributed by atoms with van der Waals surface area (Å²) in [5.41, 5.74) is 1.97. The first kappa shape index (κ1) is 11.6. The van der Waals surface area contributed by atoms with E-state index in [0.29, 0.717) is 5.76 Å². The number of methoxy groups -OCH3 is 1. The Hall–Kier alpha value is -2.43. The molecule has 1 unspecified atom stereocenters. The van der Waals surface area contributed by atoms with Crippen LogP contribution in [0.25, 0.3) is 16.7 Å². The summed E-state index contributed by atoms with van der Waals surface area (Å²) >= 11 is 0. The van der Waals surface area contributed by atoms with Crippen LogP contribution in [-0.2, 0) is 9.47 Å². The molecule has 0 saturated carbocycles. The number of para-hydroxylation sites is 1. The van der Waals surface area contributed by atoms with E-state index < -0.39 is 6.09 Å². The molecule has 5 nitrogen and oxygen atoms in total. The number of hydrogen-bond acceptors (Lipinski definition) is 3. The van der Waals surface area contributed by atoms with Gasteiger partial charge in [-0.3, -0.25) is 0 Å². The zero-order valence-electron chi connectivity index (χ0n) is 10.7. The Morgan fingerprint density at radius 1 is 1.42 bits per heavy atom. The lowest BCUT2D eigenvalue weighted by molar-refractivity contribution is 0.0672. The van der Waals surface area contributed by atoms with E-state index in [1.165, 1.54) is 12.0 Å². The van der Waals surface area contributed by atoms with Gasteiger partial charge in [0.05, 0.1) is 13.3 Å². The zero-order valence-corrected chi connectivity index (χ0v) is 10.7. The van der Waals surface area contributed by atoms with Gasteiger partial charge >= 0.3 is 6.09 Å². The van der Waals surface area contributed by atoms with Crippen molar-refractivity contribution in [2.24, 2.45) is 0 Å². The average Bonchev–Trinajstić information content (AvgIpc) is 3.01. The van der Waals surface area contributed by atoms with Gasteiger partial charge in [-0.05, 0) is 13.0 Å².